The van der Waals surface area contributed by atoms with Crippen LogP contribution in [0.1, 0.15) is 23.5 Å². The molecule has 112 valence electrons. The Morgan fingerprint density at radius 3 is 3.00 bits per heavy atom. The molecule has 1 amide bonds. The van der Waals surface area contributed by atoms with Crippen LogP contribution in [0.25, 0.3) is 0 Å². The van der Waals surface area contributed by atoms with Crippen molar-refractivity contribution in [1.82, 2.24) is 10.3 Å². The minimum atomic E-state index is -0.156. The molecule has 20 heavy (non-hydrogen) atoms. The number of nitrogens with one attached hydrogen (secondary N) is 2. The van der Waals surface area contributed by atoms with E-state index in [4.69, 9.17) is 5.73 Å². The molecule has 7 heteroatoms. The number of hydrogen-bond donors (Lipinski definition) is 3. The number of aromatic nitrogens is 1. The Balaban J connectivity index is 2.45. The number of thiazole rings is 1. The van der Waals surface area contributed by atoms with Gasteiger partial charge in [0.1, 0.15) is 10.7 Å². The zero-order valence-electron chi connectivity index (χ0n) is 11.9. The van der Waals surface area contributed by atoms with E-state index in [2.05, 4.69) is 36.0 Å². The van der Waals surface area contributed by atoms with Gasteiger partial charge in [-0.2, -0.15) is 11.8 Å². The highest BCUT2D eigenvalue weighted by atomic mass is 32.2. The van der Waals surface area contributed by atoms with Crippen molar-refractivity contribution in [3.63, 3.8) is 0 Å². The predicted octanol–water partition coefficient (Wildman–Crippen LogP) is 2.44. The molecule has 0 spiro atoms. The van der Waals surface area contributed by atoms with Crippen LogP contribution in [-0.4, -0.2) is 35.5 Å². The molecule has 0 unspecified atom stereocenters. The average molecular weight is 314 g/mol. The summed E-state index contributed by atoms with van der Waals surface area (Å²) in [6, 6.07) is 0. The molecule has 1 aromatic rings. The van der Waals surface area contributed by atoms with Crippen molar-refractivity contribution in [2.24, 2.45) is 5.92 Å². The van der Waals surface area contributed by atoms with Gasteiger partial charge in [-0.05, 0) is 5.92 Å². The third-order valence-corrected chi connectivity index (χ3v) is 4.28. The van der Waals surface area contributed by atoms with E-state index < -0.39 is 0 Å². The number of thioether (sulfide) groups is 1. The molecule has 1 aromatic heterocycles. The number of nitrogen functional groups attached to an aromatic ring is 1. The van der Waals surface area contributed by atoms with Crippen LogP contribution in [0.3, 0.4) is 0 Å². The molecular formula is C13H22N4OS2. The maximum Gasteiger partial charge on any atom is 0.265 e. The summed E-state index contributed by atoms with van der Waals surface area (Å²) in [4.78, 5) is 16.6. The Labute approximate surface area is 128 Å². The van der Waals surface area contributed by atoms with Gasteiger partial charge in [-0.1, -0.05) is 31.3 Å². The molecule has 4 N–H and O–H groups in total. The molecule has 0 saturated carbocycles. The van der Waals surface area contributed by atoms with Crippen molar-refractivity contribution in [2.75, 3.05) is 35.6 Å². The Morgan fingerprint density at radius 1 is 1.60 bits per heavy atom. The maximum absolute atomic E-state index is 12.0. The van der Waals surface area contributed by atoms with Crippen molar-refractivity contribution >= 4 is 40.0 Å². The van der Waals surface area contributed by atoms with E-state index in [-0.39, 0.29) is 11.7 Å². The van der Waals surface area contributed by atoms with E-state index in [0.717, 1.165) is 18.1 Å². The fourth-order valence-corrected chi connectivity index (χ4v) is 2.73. The number of nitrogens with zero attached hydrogens (tertiary/aromatic N) is 1. The smallest absolute Gasteiger partial charge is 0.265 e. The lowest BCUT2D eigenvalue weighted by atomic mass is 10.2. The standard InChI is InChI=1S/C13H22N4OS2/c1-4-6-19-7-5-15-12(18)10-11(14)17-13(20-10)16-8-9(2)3/h4,9H,1,5-8,14H2,2-3H3,(H,15,18)(H,16,17). The molecule has 0 saturated heterocycles. The largest absolute Gasteiger partial charge is 0.382 e. The first-order valence-corrected chi connectivity index (χ1v) is 8.48. The second kappa shape index (κ2) is 8.86. The summed E-state index contributed by atoms with van der Waals surface area (Å²) in [5, 5.41) is 6.72. The van der Waals surface area contributed by atoms with Gasteiger partial charge in [0.05, 0.1) is 0 Å². The Hall–Kier alpha value is -1.21. The number of anilines is 2. The van der Waals surface area contributed by atoms with Gasteiger partial charge in [0, 0.05) is 24.6 Å². The molecular weight excluding hydrogens is 292 g/mol. The number of carbonyl (C=O) groups excluding carboxylic acids is 1. The molecule has 0 aliphatic carbocycles. The number of carbonyl (C=O) groups is 1. The summed E-state index contributed by atoms with van der Waals surface area (Å²) in [6.07, 6.45) is 1.85. The number of rotatable bonds is 9. The van der Waals surface area contributed by atoms with E-state index in [9.17, 15) is 4.79 Å². The summed E-state index contributed by atoms with van der Waals surface area (Å²) in [5.41, 5.74) is 5.78. The fraction of sp³-hybridized carbons (Fsp3) is 0.538. The van der Waals surface area contributed by atoms with Crippen molar-refractivity contribution in [1.29, 1.82) is 0 Å². The van der Waals surface area contributed by atoms with Gasteiger partial charge < -0.3 is 16.4 Å². The highest BCUT2D eigenvalue weighted by Gasteiger charge is 2.15. The molecule has 1 heterocycles. The van der Waals surface area contributed by atoms with Gasteiger partial charge in [-0.3, -0.25) is 4.79 Å². The summed E-state index contributed by atoms with van der Waals surface area (Å²) in [6.45, 7) is 9.29. The summed E-state index contributed by atoms with van der Waals surface area (Å²) in [5.74, 6) is 2.39. The Kier molecular flexibility index (Phi) is 7.46. The maximum atomic E-state index is 12.0. The topological polar surface area (TPSA) is 80.0 Å². The van der Waals surface area contributed by atoms with Crippen molar-refractivity contribution < 1.29 is 4.79 Å². The van der Waals surface area contributed by atoms with Gasteiger partial charge in [0.15, 0.2) is 5.13 Å². The van der Waals surface area contributed by atoms with Crippen molar-refractivity contribution in [3.05, 3.63) is 17.5 Å². The van der Waals surface area contributed by atoms with Crippen LogP contribution in [0.15, 0.2) is 12.7 Å². The van der Waals surface area contributed by atoms with E-state index in [0.29, 0.717) is 22.5 Å². The molecule has 0 aromatic carbocycles. The first-order chi connectivity index (χ1) is 9.54. The zero-order valence-corrected chi connectivity index (χ0v) is 13.6. The summed E-state index contributed by atoms with van der Waals surface area (Å²) < 4.78 is 0. The van der Waals surface area contributed by atoms with E-state index in [1.165, 1.54) is 11.3 Å². The first kappa shape index (κ1) is 16.8. The molecule has 0 fully saturated rings. The third kappa shape index (κ3) is 5.83. The van der Waals surface area contributed by atoms with Crippen LogP contribution in [0.2, 0.25) is 0 Å². The molecule has 0 aliphatic rings. The highest BCUT2D eigenvalue weighted by molar-refractivity contribution is 7.99. The van der Waals surface area contributed by atoms with E-state index in [1.54, 1.807) is 11.8 Å². The van der Waals surface area contributed by atoms with E-state index in [1.807, 2.05) is 6.08 Å². The van der Waals surface area contributed by atoms with Crippen LogP contribution in [-0.2, 0) is 0 Å². The third-order valence-electron chi connectivity index (χ3n) is 2.29. The minimum Gasteiger partial charge on any atom is -0.382 e. The van der Waals surface area contributed by atoms with Gasteiger partial charge in [-0.15, -0.1) is 6.58 Å². The first-order valence-electron chi connectivity index (χ1n) is 6.51. The Morgan fingerprint density at radius 2 is 2.35 bits per heavy atom. The SMILES string of the molecule is C=CCSCCNC(=O)c1sc(NCC(C)C)nc1N. The second-order valence-electron chi connectivity index (χ2n) is 4.63. The molecule has 1 rings (SSSR count). The lowest BCUT2D eigenvalue weighted by Gasteiger charge is -2.04. The van der Waals surface area contributed by atoms with Crippen LogP contribution in [0, 0.1) is 5.92 Å². The molecule has 0 radical (unpaired) electrons. The van der Waals surface area contributed by atoms with Gasteiger partial charge in [0.2, 0.25) is 0 Å². The van der Waals surface area contributed by atoms with Crippen LogP contribution in [0.5, 0.6) is 0 Å². The summed E-state index contributed by atoms with van der Waals surface area (Å²) >= 11 is 3.02. The number of hydrogen-bond acceptors (Lipinski definition) is 6. The van der Waals surface area contributed by atoms with Crippen LogP contribution < -0.4 is 16.4 Å². The van der Waals surface area contributed by atoms with Gasteiger partial charge in [0.25, 0.3) is 5.91 Å². The fourth-order valence-electron chi connectivity index (χ4n) is 1.35. The Bertz CT molecular complexity index is 446. The average Bonchev–Trinajstić information content (AvgIpc) is 2.77. The van der Waals surface area contributed by atoms with E-state index >= 15 is 0 Å². The lowest BCUT2D eigenvalue weighted by molar-refractivity contribution is 0.0961. The van der Waals surface area contributed by atoms with Crippen molar-refractivity contribution in [3.8, 4) is 0 Å². The lowest BCUT2D eigenvalue weighted by Crippen LogP contribution is -2.25. The quantitative estimate of drug-likeness (QED) is 0.482. The normalized spacial score (nSPS) is 10.6. The zero-order chi connectivity index (χ0) is 15.0. The predicted molar refractivity (Wildman–Crippen MR) is 89.7 cm³/mol. The molecule has 0 atom stereocenters. The highest BCUT2D eigenvalue weighted by Crippen LogP contribution is 2.24. The molecule has 0 bridgehead atoms. The summed E-state index contributed by atoms with van der Waals surface area (Å²) in [7, 11) is 0. The second-order valence-corrected chi connectivity index (χ2v) is 6.78. The van der Waals surface area contributed by atoms with Crippen LogP contribution >= 0.6 is 23.1 Å². The monoisotopic (exact) mass is 314 g/mol. The minimum absolute atomic E-state index is 0.156. The molecule has 0 aliphatic heterocycles. The van der Waals surface area contributed by atoms with Crippen molar-refractivity contribution in [2.45, 2.75) is 13.8 Å². The number of amides is 1. The number of nitrogens with two attached hydrogens (primary N) is 1. The van der Waals surface area contributed by atoms with Gasteiger partial charge >= 0.3 is 0 Å². The molecule has 5 nitrogen and oxygen atoms in total. The van der Waals surface area contributed by atoms with Crippen LogP contribution in [0.4, 0.5) is 10.9 Å². The van der Waals surface area contributed by atoms with Gasteiger partial charge in [-0.25, -0.2) is 4.98 Å².